The van der Waals surface area contributed by atoms with Crippen LogP contribution in [0.2, 0.25) is 0 Å². The van der Waals surface area contributed by atoms with Gasteiger partial charge in [0.15, 0.2) is 0 Å². The summed E-state index contributed by atoms with van der Waals surface area (Å²) in [6.45, 7) is 3.08. The molecule has 3 aliphatic heterocycles. The third kappa shape index (κ3) is 3.43. The van der Waals surface area contributed by atoms with Gasteiger partial charge in [0.05, 0.1) is 11.6 Å². The average molecular weight is 386 g/mol. The quantitative estimate of drug-likeness (QED) is 0.783. The number of rotatable bonds is 3. The van der Waals surface area contributed by atoms with Crippen molar-refractivity contribution in [3.63, 3.8) is 0 Å². The van der Waals surface area contributed by atoms with Crippen molar-refractivity contribution in [3.8, 4) is 0 Å². The van der Waals surface area contributed by atoms with Gasteiger partial charge in [-0.15, -0.1) is 0 Å². The maximum atomic E-state index is 13.0. The summed E-state index contributed by atoms with van der Waals surface area (Å²) in [5.41, 5.74) is 0.230. The van der Waals surface area contributed by atoms with Crippen LogP contribution >= 0.6 is 0 Å². The molecule has 8 heteroatoms. The van der Waals surface area contributed by atoms with E-state index >= 15 is 0 Å². The Labute approximate surface area is 163 Å². The van der Waals surface area contributed by atoms with E-state index in [4.69, 9.17) is 0 Å². The molecule has 4 atom stereocenters. The van der Waals surface area contributed by atoms with Crippen molar-refractivity contribution in [2.24, 2.45) is 11.8 Å². The minimum absolute atomic E-state index is 0.0795. The number of piperidine rings is 3. The first kappa shape index (κ1) is 18.7. The van der Waals surface area contributed by atoms with E-state index in [2.05, 4.69) is 10.3 Å². The standard InChI is InChI=1S/C20H26N4O4/c1-12(25)21-9-17-15-7-14(16-3-2-4-19(27)24(16)17)10-23(11-15)20(28)13-5-6-18(26)22-8-13/h5-6,8,14-17H,2-4,7,9-11H2,1H3,(H,21,25)(H,22,26)/t14-,15+,16+,17+/m1/s1. The Morgan fingerprint density at radius 3 is 2.71 bits per heavy atom. The van der Waals surface area contributed by atoms with E-state index in [1.165, 1.54) is 19.2 Å². The molecule has 3 saturated heterocycles. The molecule has 8 nitrogen and oxygen atoms in total. The summed E-state index contributed by atoms with van der Waals surface area (Å²) >= 11 is 0. The number of aromatic amines is 1. The molecular weight excluding hydrogens is 360 g/mol. The van der Waals surface area contributed by atoms with Crippen LogP contribution in [0.25, 0.3) is 0 Å². The van der Waals surface area contributed by atoms with Crippen LogP contribution in [0.3, 0.4) is 0 Å². The third-order valence-corrected chi connectivity index (χ3v) is 6.38. The van der Waals surface area contributed by atoms with Gasteiger partial charge >= 0.3 is 0 Å². The Bertz CT molecular complexity index is 830. The zero-order valence-corrected chi connectivity index (χ0v) is 16.0. The van der Waals surface area contributed by atoms with Crippen molar-refractivity contribution in [2.45, 2.75) is 44.7 Å². The molecule has 0 saturated carbocycles. The average Bonchev–Trinajstić information content (AvgIpc) is 2.68. The summed E-state index contributed by atoms with van der Waals surface area (Å²) in [6, 6.07) is 2.96. The van der Waals surface area contributed by atoms with Gasteiger partial charge in [-0.2, -0.15) is 0 Å². The minimum atomic E-state index is -0.237. The number of hydrogen-bond acceptors (Lipinski definition) is 4. The number of carbonyl (C=O) groups is 3. The van der Waals surface area contributed by atoms with Crippen molar-refractivity contribution >= 4 is 17.7 Å². The summed E-state index contributed by atoms with van der Waals surface area (Å²) in [5, 5.41) is 2.88. The predicted molar refractivity (Wildman–Crippen MR) is 102 cm³/mol. The number of carbonyl (C=O) groups excluding carboxylic acids is 3. The molecule has 4 heterocycles. The van der Waals surface area contributed by atoms with E-state index in [-0.39, 0.29) is 47.2 Å². The monoisotopic (exact) mass is 386 g/mol. The van der Waals surface area contributed by atoms with Gasteiger partial charge in [0, 0.05) is 51.3 Å². The summed E-state index contributed by atoms with van der Waals surface area (Å²) in [6.07, 6.45) is 4.81. The Morgan fingerprint density at radius 2 is 2.00 bits per heavy atom. The molecular formula is C20H26N4O4. The Kier molecular flexibility index (Phi) is 4.95. The number of aromatic nitrogens is 1. The molecule has 4 rings (SSSR count). The lowest BCUT2D eigenvalue weighted by atomic mass is 9.72. The van der Waals surface area contributed by atoms with Crippen LogP contribution in [-0.4, -0.2) is 64.2 Å². The highest BCUT2D eigenvalue weighted by Crippen LogP contribution is 2.41. The summed E-state index contributed by atoms with van der Waals surface area (Å²) < 4.78 is 0. The van der Waals surface area contributed by atoms with E-state index in [0.29, 0.717) is 31.6 Å². The molecule has 0 aromatic carbocycles. The zero-order valence-electron chi connectivity index (χ0n) is 16.0. The summed E-state index contributed by atoms with van der Waals surface area (Å²) in [7, 11) is 0. The van der Waals surface area contributed by atoms with E-state index in [1.807, 2.05) is 9.80 Å². The topological polar surface area (TPSA) is 103 Å². The van der Waals surface area contributed by atoms with Crippen molar-refractivity contribution in [1.29, 1.82) is 0 Å². The second-order valence-electron chi connectivity index (χ2n) is 8.17. The highest BCUT2D eigenvalue weighted by molar-refractivity contribution is 5.94. The highest BCUT2D eigenvalue weighted by Gasteiger charge is 2.50. The molecule has 3 amide bonds. The fraction of sp³-hybridized carbons (Fsp3) is 0.600. The number of likely N-dealkylation sites (tertiary alicyclic amines) is 1. The smallest absolute Gasteiger partial charge is 0.255 e. The normalized spacial score (nSPS) is 29.2. The molecule has 2 bridgehead atoms. The lowest BCUT2D eigenvalue weighted by molar-refractivity contribution is -0.151. The molecule has 2 N–H and O–H groups in total. The van der Waals surface area contributed by atoms with Crippen LogP contribution in [0.4, 0.5) is 0 Å². The van der Waals surface area contributed by atoms with Crippen molar-refractivity contribution < 1.29 is 14.4 Å². The van der Waals surface area contributed by atoms with Crippen LogP contribution in [0.1, 0.15) is 43.0 Å². The largest absolute Gasteiger partial charge is 0.354 e. The maximum absolute atomic E-state index is 13.0. The first-order chi connectivity index (χ1) is 13.4. The van der Waals surface area contributed by atoms with Gasteiger partial charge in [0.1, 0.15) is 0 Å². The van der Waals surface area contributed by atoms with Gasteiger partial charge in [-0.25, -0.2) is 0 Å². The van der Waals surface area contributed by atoms with Crippen LogP contribution in [0.15, 0.2) is 23.1 Å². The number of pyridine rings is 1. The fourth-order valence-corrected chi connectivity index (χ4v) is 5.18. The van der Waals surface area contributed by atoms with Gasteiger partial charge in [0.2, 0.25) is 17.4 Å². The van der Waals surface area contributed by atoms with Crippen LogP contribution in [-0.2, 0) is 9.59 Å². The highest BCUT2D eigenvalue weighted by atomic mass is 16.2. The molecule has 1 aromatic heterocycles. The Hall–Kier alpha value is -2.64. The second kappa shape index (κ2) is 7.41. The van der Waals surface area contributed by atoms with Crippen molar-refractivity contribution in [3.05, 3.63) is 34.2 Å². The van der Waals surface area contributed by atoms with Crippen LogP contribution < -0.4 is 10.9 Å². The number of hydrogen-bond donors (Lipinski definition) is 2. The lowest BCUT2D eigenvalue weighted by Crippen LogP contribution is -2.67. The van der Waals surface area contributed by atoms with Gasteiger partial charge in [-0.1, -0.05) is 0 Å². The van der Waals surface area contributed by atoms with Crippen molar-refractivity contribution in [1.82, 2.24) is 20.1 Å². The molecule has 150 valence electrons. The molecule has 3 aliphatic rings. The lowest BCUT2D eigenvalue weighted by Gasteiger charge is -2.56. The fourth-order valence-electron chi connectivity index (χ4n) is 5.18. The Morgan fingerprint density at radius 1 is 1.21 bits per heavy atom. The van der Waals surface area contributed by atoms with Gasteiger partial charge in [-0.3, -0.25) is 19.2 Å². The molecule has 3 fully saturated rings. The number of fused-ring (bicyclic) bond motifs is 4. The second-order valence-corrected chi connectivity index (χ2v) is 8.17. The Balaban J connectivity index is 1.59. The van der Waals surface area contributed by atoms with E-state index in [0.717, 1.165) is 19.3 Å². The molecule has 0 radical (unpaired) electrons. The molecule has 28 heavy (non-hydrogen) atoms. The van der Waals surface area contributed by atoms with Crippen molar-refractivity contribution in [2.75, 3.05) is 19.6 Å². The molecule has 0 aliphatic carbocycles. The minimum Gasteiger partial charge on any atom is -0.354 e. The first-order valence-corrected chi connectivity index (χ1v) is 9.97. The number of amides is 3. The molecule has 0 spiro atoms. The van der Waals surface area contributed by atoms with E-state index < -0.39 is 0 Å². The van der Waals surface area contributed by atoms with Gasteiger partial charge in [-0.05, 0) is 37.2 Å². The number of nitrogens with one attached hydrogen (secondary N) is 2. The number of nitrogens with zero attached hydrogens (tertiary/aromatic N) is 2. The first-order valence-electron chi connectivity index (χ1n) is 9.97. The third-order valence-electron chi connectivity index (χ3n) is 6.38. The van der Waals surface area contributed by atoms with Gasteiger partial charge < -0.3 is 20.1 Å². The molecule has 0 unspecified atom stereocenters. The summed E-state index contributed by atoms with van der Waals surface area (Å²) in [5.74, 6) is 0.348. The van der Waals surface area contributed by atoms with E-state index in [9.17, 15) is 19.2 Å². The van der Waals surface area contributed by atoms with Crippen LogP contribution in [0, 0.1) is 11.8 Å². The SMILES string of the molecule is CC(=O)NC[C@H]1[C@H]2C[C@H](CN(C(=O)c3ccc(=O)[nH]c3)C2)[C@@H]2CCCC(=O)N21. The molecule has 1 aromatic rings. The maximum Gasteiger partial charge on any atom is 0.255 e. The van der Waals surface area contributed by atoms with E-state index in [1.54, 1.807) is 6.07 Å². The summed E-state index contributed by atoms with van der Waals surface area (Å²) in [4.78, 5) is 54.9. The number of H-pyrrole nitrogens is 1. The zero-order chi connectivity index (χ0) is 19.8. The van der Waals surface area contributed by atoms with Gasteiger partial charge in [0.25, 0.3) is 5.91 Å². The predicted octanol–water partition coefficient (Wildman–Crippen LogP) is 0.353. The van der Waals surface area contributed by atoms with Crippen LogP contribution in [0.5, 0.6) is 0 Å².